The third kappa shape index (κ3) is 5.83. The van der Waals surface area contributed by atoms with Crippen molar-refractivity contribution < 1.29 is 9.47 Å². The maximum Gasteiger partial charge on any atom is 0.213 e. The number of aliphatic imine (C=N–C) groups is 1. The summed E-state index contributed by atoms with van der Waals surface area (Å²) in [4.78, 5) is 8.31. The van der Waals surface area contributed by atoms with E-state index in [-0.39, 0.29) is 0 Å². The van der Waals surface area contributed by atoms with E-state index in [0.717, 1.165) is 29.3 Å². The van der Waals surface area contributed by atoms with Gasteiger partial charge in [-0.05, 0) is 35.7 Å². The van der Waals surface area contributed by atoms with Crippen LogP contribution in [-0.4, -0.2) is 38.8 Å². The Hall–Kier alpha value is -2.47. The first-order valence-electron chi connectivity index (χ1n) is 7.92. The normalized spacial score (nSPS) is 11.1. The Kier molecular flexibility index (Phi) is 7.35. The Bertz CT molecular complexity index is 722. The van der Waals surface area contributed by atoms with Gasteiger partial charge in [-0.1, -0.05) is 17.7 Å². The molecule has 25 heavy (non-hydrogen) atoms. The van der Waals surface area contributed by atoms with Crippen LogP contribution >= 0.6 is 11.6 Å². The van der Waals surface area contributed by atoms with E-state index in [9.17, 15) is 0 Å². The van der Waals surface area contributed by atoms with Gasteiger partial charge in [0.1, 0.15) is 5.75 Å². The minimum atomic E-state index is 0.594. The average molecular weight is 363 g/mol. The first kappa shape index (κ1) is 18.9. The van der Waals surface area contributed by atoms with Crippen molar-refractivity contribution in [3.8, 4) is 11.6 Å². The van der Waals surface area contributed by atoms with Crippen molar-refractivity contribution >= 4 is 17.6 Å². The number of benzene rings is 1. The number of rotatable bonds is 7. The summed E-state index contributed by atoms with van der Waals surface area (Å²) < 4.78 is 10.3. The van der Waals surface area contributed by atoms with Crippen LogP contribution in [0.3, 0.4) is 0 Å². The summed E-state index contributed by atoms with van der Waals surface area (Å²) in [7, 11) is 4.97. The molecule has 2 rings (SSSR count). The standard InChI is InChI=1S/C18H23ClN4O2/c1-20-18(23-12-13-6-8-21-17(10-13)25-3)22-9-7-14-4-5-15(24-2)11-16(14)19/h4-6,8,10-11H,7,9,12H2,1-3H3,(H2,20,22,23). The first-order valence-corrected chi connectivity index (χ1v) is 8.30. The smallest absolute Gasteiger partial charge is 0.213 e. The first-order chi connectivity index (χ1) is 12.2. The van der Waals surface area contributed by atoms with Crippen LogP contribution in [0.1, 0.15) is 11.1 Å². The maximum atomic E-state index is 6.26. The molecular weight excluding hydrogens is 340 g/mol. The molecule has 0 spiro atoms. The number of methoxy groups -OCH3 is 2. The highest BCUT2D eigenvalue weighted by atomic mass is 35.5. The Morgan fingerprint density at radius 1 is 1.16 bits per heavy atom. The second kappa shape index (κ2) is 9.74. The Balaban J connectivity index is 1.82. The van der Waals surface area contributed by atoms with Gasteiger partial charge in [-0.25, -0.2) is 4.98 Å². The fraction of sp³-hybridized carbons (Fsp3) is 0.333. The van der Waals surface area contributed by atoms with Crippen LogP contribution in [0.15, 0.2) is 41.5 Å². The third-order valence-corrected chi connectivity index (χ3v) is 3.99. The second-order valence-corrected chi connectivity index (χ2v) is 5.67. The Labute approximate surface area is 153 Å². The van der Waals surface area contributed by atoms with Gasteiger partial charge in [-0.2, -0.15) is 0 Å². The van der Waals surface area contributed by atoms with Gasteiger partial charge in [0.05, 0.1) is 14.2 Å². The molecule has 0 fully saturated rings. The van der Waals surface area contributed by atoms with Crippen LogP contribution < -0.4 is 20.1 Å². The van der Waals surface area contributed by atoms with E-state index >= 15 is 0 Å². The molecule has 0 aliphatic heterocycles. The molecule has 2 N–H and O–H groups in total. The number of nitrogens with zero attached hydrogens (tertiary/aromatic N) is 2. The minimum absolute atomic E-state index is 0.594. The van der Waals surface area contributed by atoms with Crippen molar-refractivity contribution in [2.24, 2.45) is 4.99 Å². The van der Waals surface area contributed by atoms with E-state index in [0.29, 0.717) is 24.0 Å². The molecule has 0 saturated carbocycles. The number of ether oxygens (including phenoxy) is 2. The van der Waals surface area contributed by atoms with Crippen LogP contribution in [0.25, 0.3) is 0 Å². The van der Waals surface area contributed by atoms with Gasteiger partial charge in [-0.15, -0.1) is 0 Å². The lowest BCUT2D eigenvalue weighted by Gasteiger charge is -2.13. The quantitative estimate of drug-likeness (QED) is 0.585. The van der Waals surface area contributed by atoms with Gasteiger partial charge in [0.2, 0.25) is 5.88 Å². The fourth-order valence-electron chi connectivity index (χ4n) is 2.25. The third-order valence-electron chi connectivity index (χ3n) is 3.64. The lowest BCUT2D eigenvalue weighted by molar-refractivity contribution is 0.397. The number of hydrogen-bond acceptors (Lipinski definition) is 4. The molecule has 1 aromatic carbocycles. The molecule has 6 nitrogen and oxygen atoms in total. The molecule has 0 radical (unpaired) electrons. The zero-order valence-corrected chi connectivity index (χ0v) is 15.4. The van der Waals surface area contributed by atoms with Crippen molar-refractivity contribution in [2.45, 2.75) is 13.0 Å². The van der Waals surface area contributed by atoms with Gasteiger partial charge in [0, 0.05) is 37.4 Å². The highest BCUT2D eigenvalue weighted by molar-refractivity contribution is 6.31. The lowest BCUT2D eigenvalue weighted by Crippen LogP contribution is -2.37. The van der Waals surface area contributed by atoms with Crippen molar-refractivity contribution in [3.63, 3.8) is 0 Å². The fourth-order valence-corrected chi connectivity index (χ4v) is 2.52. The summed E-state index contributed by atoms with van der Waals surface area (Å²) in [6, 6.07) is 9.52. The highest BCUT2D eigenvalue weighted by Gasteiger charge is 2.04. The molecule has 134 valence electrons. The van der Waals surface area contributed by atoms with Gasteiger partial charge < -0.3 is 20.1 Å². The Morgan fingerprint density at radius 2 is 2.00 bits per heavy atom. The molecule has 0 aliphatic rings. The molecule has 0 unspecified atom stereocenters. The largest absolute Gasteiger partial charge is 0.497 e. The van der Waals surface area contributed by atoms with Crippen molar-refractivity contribution in [1.82, 2.24) is 15.6 Å². The predicted octanol–water partition coefficient (Wildman–Crippen LogP) is 2.66. The maximum absolute atomic E-state index is 6.26. The van der Waals surface area contributed by atoms with Crippen molar-refractivity contribution in [3.05, 3.63) is 52.7 Å². The van der Waals surface area contributed by atoms with Gasteiger partial charge in [-0.3, -0.25) is 4.99 Å². The topological polar surface area (TPSA) is 67.8 Å². The van der Waals surface area contributed by atoms with E-state index in [1.165, 1.54) is 0 Å². The molecule has 1 aromatic heterocycles. The van der Waals surface area contributed by atoms with Crippen LogP contribution in [-0.2, 0) is 13.0 Å². The van der Waals surface area contributed by atoms with E-state index in [1.54, 1.807) is 27.5 Å². The molecular formula is C18H23ClN4O2. The summed E-state index contributed by atoms with van der Waals surface area (Å²) in [5, 5.41) is 7.24. The van der Waals surface area contributed by atoms with E-state index in [1.807, 2.05) is 30.3 Å². The van der Waals surface area contributed by atoms with Gasteiger partial charge in [0.25, 0.3) is 0 Å². The van der Waals surface area contributed by atoms with Crippen LogP contribution in [0.5, 0.6) is 11.6 Å². The monoisotopic (exact) mass is 362 g/mol. The van der Waals surface area contributed by atoms with E-state index < -0.39 is 0 Å². The lowest BCUT2D eigenvalue weighted by atomic mass is 10.1. The summed E-state index contributed by atoms with van der Waals surface area (Å²) in [5.74, 6) is 2.07. The molecule has 0 aliphatic carbocycles. The van der Waals surface area contributed by atoms with Crippen LogP contribution in [0.4, 0.5) is 0 Å². The van der Waals surface area contributed by atoms with Crippen LogP contribution in [0.2, 0.25) is 5.02 Å². The predicted molar refractivity (Wildman–Crippen MR) is 101 cm³/mol. The molecule has 0 saturated heterocycles. The number of pyridine rings is 1. The summed E-state index contributed by atoms with van der Waals surface area (Å²) in [6.45, 7) is 1.34. The number of nitrogens with one attached hydrogen (secondary N) is 2. The number of hydrogen-bond donors (Lipinski definition) is 2. The van der Waals surface area contributed by atoms with Crippen molar-refractivity contribution in [2.75, 3.05) is 27.8 Å². The Morgan fingerprint density at radius 3 is 2.68 bits per heavy atom. The number of aromatic nitrogens is 1. The van der Waals surface area contributed by atoms with Gasteiger partial charge in [0.15, 0.2) is 5.96 Å². The second-order valence-electron chi connectivity index (χ2n) is 5.27. The number of guanidine groups is 1. The number of halogens is 1. The average Bonchev–Trinajstić information content (AvgIpc) is 2.65. The molecule has 0 amide bonds. The molecule has 2 aromatic rings. The summed E-state index contributed by atoms with van der Waals surface area (Å²) in [6.07, 6.45) is 2.50. The highest BCUT2D eigenvalue weighted by Crippen LogP contribution is 2.22. The van der Waals surface area contributed by atoms with Crippen molar-refractivity contribution in [1.29, 1.82) is 0 Å². The SMILES string of the molecule is CN=C(NCCc1ccc(OC)cc1Cl)NCc1ccnc(OC)c1. The minimum Gasteiger partial charge on any atom is -0.497 e. The van der Waals surface area contributed by atoms with E-state index in [2.05, 4.69) is 20.6 Å². The molecule has 7 heteroatoms. The summed E-state index contributed by atoms with van der Waals surface area (Å²) in [5.41, 5.74) is 2.12. The molecule has 1 heterocycles. The van der Waals surface area contributed by atoms with E-state index in [4.69, 9.17) is 21.1 Å². The van der Waals surface area contributed by atoms with Crippen LogP contribution in [0, 0.1) is 0 Å². The molecule has 0 bridgehead atoms. The summed E-state index contributed by atoms with van der Waals surface area (Å²) >= 11 is 6.26. The van der Waals surface area contributed by atoms with Gasteiger partial charge >= 0.3 is 0 Å². The zero-order valence-electron chi connectivity index (χ0n) is 14.7. The zero-order chi connectivity index (χ0) is 18.1. The molecule has 0 atom stereocenters.